The number of nitrogens with zero attached hydrogens (tertiary/aromatic N) is 1. The van der Waals surface area contributed by atoms with Crippen LogP contribution in [0.4, 0.5) is 0 Å². The van der Waals surface area contributed by atoms with Gasteiger partial charge in [-0.15, -0.1) is 11.3 Å². The predicted octanol–water partition coefficient (Wildman–Crippen LogP) is 1.82. The maximum absolute atomic E-state index is 12.8. The van der Waals surface area contributed by atoms with E-state index in [-0.39, 0.29) is 11.9 Å². The summed E-state index contributed by atoms with van der Waals surface area (Å²) >= 11 is 1.80. The number of thiophene rings is 1. The lowest BCUT2D eigenvalue weighted by molar-refractivity contribution is -0.645. The SMILES string of the molecule is COCCC[NH2+]CC(=O)N1CCc2sccc2[C@@H]1c1ccccc1. The van der Waals surface area contributed by atoms with Crippen LogP contribution in [-0.4, -0.2) is 44.2 Å². The van der Waals surface area contributed by atoms with Crippen molar-refractivity contribution in [1.29, 1.82) is 0 Å². The number of hydrogen-bond donors (Lipinski definition) is 1. The molecule has 2 N–H and O–H groups in total. The lowest BCUT2D eigenvalue weighted by Crippen LogP contribution is -2.87. The molecule has 0 bridgehead atoms. The summed E-state index contributed by atoms with van der Waals surface area (Å²) in [6, 6.07) is 12.6. The minimum absolute atomic E-state index is 0.0566. The molecule has 4 nitrogen and oxygen atoms in total. The van der Waals surface area contributed by atoms with E-state index in [1.54, 1.807) is 18.4 Å². The van der Waals surface area contributed by atoms with Crippen LogP contribution in [0, 0.1) is 0 Å². The van der Waals surface area contributed by atoms with Gasteiger partial charge >= 0.3 is 0 Å². The fraction of sp³-hybridized carbons (Fsp3) is 0.421. The molecule has 0 saturated heterocycles. The Kier molecular flexibility index (Phi) is 6.01. The zero-order chi connectivity index (χ0) is 16.8. The summed E-state index contributed by atoms with van der Waals surface area (Å²) in [4.78, 5) is 16.3. The summed E-state index contributed by atoms with van der Waals surface area (Å²) < 4.78 is 5.06. The van der Waals surface area contributed by atoms with E-state index in [0.717, 1.165) is 32.5 Å². The van der Waals surface area contributed by atoms with Crippen LogP contribution >= 0.6 is 11.3 Å². The quantitative estimate of drug-likeness (QED) is 0.778. The van der Waals surface area contributed by atoms with Crippen LogP contribution in [0.15, 0.2) is 41.8 Å². The number of fused-ring (bicyclic) bond motifs is 1. The zero-order valence-corrected chi connectivity index (χ0v) is 14.9. The van der Waals surface area contributed by atoms with E-state index in [0.29, 0.717) is 6.54 Å². The molecule has 1 aliphatic heterocycles. The van der Waals surface area contributed by atoms with E-state index in [4.69, 9.17) is 4.74 Å². The lowest BCUT2D eigenvalue weighted by Gasteiger charge is -2.36. The Morgan fingerprint density at radius 2 is 2.17 bits per heavy atom. The van der Waals surface area contributed by atoms with Crippen molar-refractivity contribution in [3.8, 4) is 0 Å². The highest BCUT2D eigenvalue weighted by atomic mass is 32.1. The van der Waals surface area contributed by atoms with E-state index in [1.807, 2.05) is 6.07 Å². The molecular formula is C19H25N2O2S+. The van der Waals surface area contributed by atoms with E-state index < -0.39 is 0 Å². The summed E-state index contributed by atoms with van der Waals surface area (Å²) in [5.41, 5.74) is 2.50. The summed E-state index contributed by atoms with van der Waals surface area (Å²) in [7, 11) is 1.71. The van der Waals surface area contributed by atoms with Crippen LogP contribution in [0.1, 0.15) is 28.5 Å². The molecule has 24 heavy (non-hydrogen) atoms. The molecule has 1 aromatic carbocycles. The second-order valence-electron chi connectivity index (χ2n) is 6.08. The van der Waals surface area contributed by atoms with Gasteiger partial charge < -0.3 is 15.0 Å². The molecule has 1 atom stereocenters. The number of quaternary nitrogens is 1. The van der Waals surface area contributed by atoms with Gasteiger partial charge in [-0.3, -0.25) is 4.79 Å². The first-order valence-corrected chi connectivity index (χ1v) is 9.40. The summed E-state index contributed by atoms with van der Waals surface area (Å²) in [6.45, 7) is 2.98. The summed E-state index contributed by atoms with van der Waals surface area (Å²) in [5.74, 6) is 0.220. The number of rotatable bonds is 7. The average Bonchev–Trinajstić information content (AvgIpc) is 3.10. The van der Waals surface area contributed by atoms with Gasteiger partial charge in [-0.1, -0.05) is 30.3 Å². The summed E-state index contributed by atoms with van der Waals surface area (Å²) in [5, 5.41) is 4.23. The highest BCUT2D eigenvalue weighted by molar-refractivity contribution is 7.10. The van der Waals surface area contributed by atoms with Crippen molar-refractivity contribution in [2.24, 2.45) is 0 Å². The number of hydrogen-bond acceptors (Lipinski definition) is 3. The molecule has 128 valence electrons. The second-order valence-corrected chi connectivity index (χ2v) is 7.08. The fourth-order valence-corrected chi connectivity index (χ4v) is 4.20. The molecule has 1 aliphatic rings. The number of nitrogens with two attached hydrogens (primary N) is 1. The largest absolute Gasteiger partial charge is 0.384 e. The Morgan fingerprint density at radius 1 is 1.33 bits per heavy atom. The molecule has 3 rings (SSSR count). The Bertz CT molecular complexity index is 656. The number of carbonyl (C=O) groups is 1. The van der Waals surface area contributed by atoms with Crippen LogP contribution < -0.4 is 5.32 Å². The summed E-state index contributed by atoms with van der Waals surface area (Å²) in [6.07, 6.45) is 1.94. The van der Waals surface area contributed by atoms with Crippen LogP contribution in [0.3, 0.4) is 0 Å². The van der Waals surface area contributed by atoms with E-state index in [9.17, 15) is 4.79 Å². The number of benzene rings is 1. The van der Waals surface area contributed by atoms with Gasteiger partial charge in [-0.25, -0.2) is 0 Å². The molecule has 5 heteroatoms. The van der Waals surface area contributed by atoms with Crippen LogP contribution in [-0.2, 0) is 16.0 Å². The molecule has 1 amide bonds. The average molecular weight is 345 g/mol. The molecule has 0 radical (unpaired) electrons. The van der Waals surface area contributed by atoms with Gasteiger partial charge in [0.25, 0.3) is 5.91 Å². The van der Waals surface area contributed by atoms with Crippen LogP contribution in [0.25, 0.3) is 0 Å². The number of methoxy groups -OCH3 is 1. The maximum atomic E-state index is 12.8. The Balaban J connectivity index is 1.73. The molecule has 0 aliphatic carbocycles. The normalized spacial score (nSPS) is 16.9. The molecule has 1 aromatic heterocycles. The third-order valence-electron chi connectivity index (χ3n) is 4.48. The first kappa shape index (κ1) is 17.1. The van der Waals surface area contributed by atoms with E-state index in [2.05, 4.69) is 45.9 Å². The highest BCUT2D eigenvalue weighted by Gasteiger charge is 2.32. The standard InChI is InChI=1S/C19H24N2O2S/c1-23-12-5-10-20-14-18(22)21-11-8-17-16(9-13-24-17)19(21)15-6-3-2-4-7-15/h2-4,6-7,9,13,19-20H,5,8,10-12,14H2,1H3/p+1/t19-/m0/s1. The van der Waals surface area contributed by atoms with Crippen molar-refractivity contribution in [3.63, 3.8) is 0 Å². The highest BCUT2D eigenvalue weighted by Crippen LogP contribution is 2.37. The van der Waals surface area contributed by atoms with Gasteiger partial charge in [0, 0.05) is 25.0 Å². The molecule has 2 heterocycles. The monoisotopic (exact) mass is 345 g/mol. The Labute approximate surface area is 147 Å². The first-order chi connectivity index (χ1) is 11.8. The third kappa shape index (κ3) is 3.86. The van der Waals surface area contributed by atoms with Crippen molar-refractivity contribution >= 4 is 17.2 Å². The van der Waals surface area contributed by atoms with E-state index in [1.165, 1.54) is 16.0 Å². The topological polar surface area (TPSA) is 46.1 Å². The van der Waals surface area contributed by atoms with Gasteiger partial charge in [0.05, 0.1) is 19.2 Å². The fourth-order valence-electron chi connectivity index (χ4n) is 3.29. The van der Waals surface area contributed by atoms with Crippen molar-refractivity contribution in [2.45, 2.75) is 18.9 Å². The molecule has 0 saturated carbocycles. The van der Waals surface area contributed by atoms with Crippen LogP contribution in [0.2, 0.25) is 0 Å². The van der Waals surface area contributed by atoms with Gasteiger partial charge in [0.1, 0.15) is 0 Å². The third-order valence-corrected chi connectivity index (χ3v) is 5.47. The predicted molar refractivity (Wildman–Crippen MR) is 96.2 cm³/mol. The van der Waals surface area contributed by atoms with Gasteiger partial charge in [0.15, 0.2) is 6.54 Å². The zero-order valence-electron chi connectivity index (χ0n) is 14.1. The van der Waals surface area contributed by atoms with Crippen LogP contribution in [0.5, 0.6) is 0 Å². The number of ether oxygens (including phenoxy) is 1. The molecule has 0 unspecified atom stereocenters. The van der Waals surface area contributed by atoms with E-state index >= 15 is 0 Å². The Hall–Kier alpha value is -1.69. The van der Waals surface area contributed by atoms with Gasteiger partial charge in [0.2, 0.25) is 0 Å². The molecular weight excluding hydrogens is 320 g/mol. The molecule has 2 aromatic rings. The minimum atomic E-state index is 0.0566. The van der Waals surface area contributed by atoms with Crippen molar-refractivity contribution in [3.05, 3.63) is 57.8 Å². The van der Waals surface area contributed by atoms with Crippen molar-refractivity contribution < 1.29 is 14.8 Å². The van der Waals surface area contributed by atoms with Gasteiger partial charge in [-0.2, -0.15) is 0 Å². The Morgan fingerprint density at radius 3 is 2.96 bits per heavy atom. The molecule has 0 fully saturated rings. The first-order valence-electron chi connectivity index (χ1n) is 8.52. The lowest BCUT2D eigenvalue weighted by atomic mass is 9.93. The van der Waals surface area contributed by atoms with Gasteiger partial charge in [-0.05, 0) is 29.0 Å². The molecule has 0 spiro atoms. The number of carbonyl (C=O) groups excluding carboxylic acids is 1. The minimum Gasteiger partial charge on any atom is -0.384 e. The van der Waals surface area contributed by atoms with Crippen molar-refractivity contribution in [2.75, 3.05) is 33.4 Å². The smallest absolute Gasteiger partial charge is 0.278 e. The number of amides is 1. The second kappa shape index (κ2) is 8.42. The van der Waals surface area contributed by atoms with Crippen molar-refractivity contribution in [1.82, 2.24) is 4.90 Å². The maximum Gasteiger partial charge on any atom is 0.278 e.